The van der Waals surface area contributed by atoms with Gasteiger partial charge in [-0.2, -0.15) is 13.2 Å². The van der Waals surface area contributed by atoms with Gasteiger partial charge in [-0.05, 0) is 42.8 Å². The minimum atomic E-state index is -4.61. The summed E-state index contributed by atoms with van der Waals surface area (Å²) in [4.78, 5) is 40.7. The van der Waals surface area contributed by atoms with Crippen LogP contribution in [-0.2, 0) is 12.7 Å². The number of carbonyl (C=O) groups excluding carboxylic acids is 2. The molecule has 0 saturated heterocycles. The number of aliphatic hydroxyl groups is 1. The van der Waals surface area contributed by atoms with Crippen LogP contribution in [0.5, 0.6) is 17.2 Å². The summed E-state index contributed by atoms with van der Waals surface area (Å²) in [6.07, 6.45) is -4.61. The zero-order valence-corrected chi connectivity index (χ0v) is 20.7. The highest BCUT2D eigenvalue weighted by molar-refractivity contribution is 6.36. The largest absolute Gasteiger partial charge is 0.493 e. The van der Waals surface area contributed by atoms with Crippen molar-refractivity contribution in [2.24, 2.45) is 0 Å². The second kappa shape index (κ2) is 9.59. The Bertz CT molecular complexity index is 1680. The second-order valence-electron chi connectivity index (χ2n) is 8.81. The van der Waals surface area contributed by atoms with Crippen LogP contribution in [0.2, 0.25) is 0 Å². The van der Waals surface area contributed by atoms with Crippen LogP contribution >= 0.6 is 0 Å². The molecule has 0 bridgehead atoms. The summed E-state index contributed by atoms with van der Waals surface area (Å²) in [6.45, 7) is 0.939. The molecule has 0 radical (unpaired) electrons. The predicted molar refractivity (Wildman–Crippen MR) is 136 cm³/mol. The molecule has 3 aromatic carbocycles. The molecule has 200 valence electrons. The lowest BCUT2D eigenvalue weighted by Crippen LogP contribution is -2.32. The molecule has 0 unspecified atom stereocenters. The van der Waals surface area contributed by atoms with E-state index in [-0.39, 0.29) is 51.5 Å². The molecule has 5 rings (SSSR count). The third kappa shape index (κ3) is 4.30. The van der Waals surface area contributed by atoms with Gasteiger partial charge in [0.1, 0.15) is 5.75 Å². The summed E-state index contributed by atoms with van der Waals surface area (Å²) in [5.41, 5.74) is -0.694. The van der Waals surface area contributed by atoms with E-state index in [4.69, 9.17) is 9.47 Å². The molecule has 1 aliphatic rings. The number of alkyl halides is 3. The Morgan fingerprint density at radius 2 is 1.59 bits per heavy atom. The Morgan fingerprint density at radius 1 is 0.923 bits per heavy atom. The molecular weight excluding hydrogens is 517 g/mol. The first-order chi connectivity index (χ1) is 18.6. The Labute approximate surface area is 219 Å². The van der Waals surface area contributed by atoms with Crippen molar-refractivity contribution in [1.29, 1.82) is 0 Å². The molecule has 0 fully saturated rings. The van der Waals surface area contributed by atoms with Crippen molar-refractivity contribution in [3.8, 4) is 17.2 Å². The van der Waals surface area contributed by atoms with E-state index in [1.807, 2.05) is 0 Å². The zero-order chi connectivity index (χ0) is 28.1. The summed E-state index contributed by atoms with van der Waals surface area (Å²) in [5, 5.41) is 9.93. The maximum Gasteiger partial charge on any atom is 0.416 e. The first kappa shape index (κ1) is 26.0. The van der Waals surface area contributed by atoms with Crippen molar-refractivity contribution >= 4 is 28.4 Å². The van der Waals surface area contributed by atoms with Crippen molar-refractivity contribution in [3.63, 3.8) is 0 Å². The molecule has 0 saturated carbocycles. The average Bonchev–Trinajstić information content (AvgIpc) is 3.15. The van der Waals surface area contributed by atoms with E-state index < -0.39 is 35.7 Å². The van der Waals surface area contributed by atoms with Gasteiger partial charge in [0.25, 0.3) is 17.4 Å². The number of halogens is 3. The number of aromatic nitrogens is 1. The van der Waals surface area contributed by atoms with Crippen LogP contribution < -0.4 is 19.9 Å². The Hall–Kier alpha value is -4.64. The number of amides is 2. The van der Waals surface area contributed by atoms with Crippen LogP contribution in [0.25, 0.3) is 10.9 Å². The molecule has 0 atom stereocenters. The molecule has 2 amide bonds. The Morgan fingerprint density at radius 3 is 2.18 bits per heavy atom. The maximum atomic E-state index is 13.4. The fourth-order valence-electron chi connectivity index (χ4n) is 4.71. The van der Waals surface area contributed by atoms with Crippen LogP contribution in [-0.4, -0.2) is 35.2 Å². The number of anilines is 1. The van der Waals surface area contributed by atoms with Crippen LogP contribution in [0.4, 0.5) is 18.9 Å². The van der Waals surface area contributed by atoms with Crippen molar-refractivity contribution in [2.45, 2.75) is 19.6 Å². The van der Waals surface area contributed by atoms with Gasteiger partial charge in [0, 0.05) is 18.7 Å². The van der Waals surface area contributed by atoms with Crippen LogP contribution in [0.3, 0.4) is 0 Å². The monoisotopic (exact) mass is 538 g/mol. The highest BCUT2D eigenvalue weighted by Crippen LogP contribution is 2.46. The molecule has 1 N–H and O–H groups in total. The number of pyridine rings is 1. The normalized spacial score (nSPS) is 13.2. The third-order valence-electron chi connectivity index (χ3n) is 6.43. The minimum Gasteiger partial charge on any atom is -0.493 e. The first-order valence-electron chi connectivity index (χ1n) is 11.8. The fourth-order valence-corrected chi connectivity index (χ4v) is 4.71. The number of rotatable bonds is 6. The quantitative estimate of drug-likeness (QED) is 0.350. The summed E-state index contributed by atoms with van der Waals surface area (Å²) < 4.78 is 52.7. The van der Waals surface area contributed by atoms with Crippen LogP contribution in [0, 0.1) is 6.92 Å². The van der Waals surface area contributed by atoms with E-state index >= 15 is 0 Å². The number of carbonyl (C=O) groups is 2. The average molecular weight is 538 g/mol. The lowest BCUT2D eigenvalue weighted by Gasteiger charge is -2.24. The van der Waals surface area contributed by atoms with Crippen molar-refractivity contribution < 1.29 is 37.3 Å². The molecule has 4 aromatic rings. The van der Waals surface area contributed by atoms with Gasteiger partial charge in [-0.25, -0.2) is 4.90 Å². The predicted octanol–water partition coefficient (Wildman–Crippen LogP) is 4.92. The highest BCUT2D eigenvalue weighted by Gasteiger charge is 2.39. The molecule has 39 heavy (non-hydrogen) atoms. The van der Waals surface area contributed by atoms with Crippen LogP contribution in [0.1, 0.15) is 31.8 Å². The van der Waals surface area contributed by atoms with E-state index in [1.54, 1.807) is 19.1 Å². The van der Waals surface area contributed by atoms with Crippen molar-refractivity contribution in [3.05, 3.63) is 93.3 Å². The van der Waals surface area contributed by atoms with Gasteiger partial charge in [-0.1, -0.05) is 18.2 Å². The van der Waals surface area contributed by atoms with Crippen molar-refractivity contribution in [2.75, 3.05) is 18.6 Å². The number of ether oxygens (including phenoxy) is 2. The smallest absolute Gasteiger partial charge is 0.416 e. The molecule has 1 aromatic heterocycles. The molecule has 2 heterocycles. The molecule has 1 aliphatic heterocycles. The number of hydrogen-bond donors (Lipinski definition) is 1. The minimum absolute atomic E-state index is 0.00121. The maximum absolute atomic E-state index is 13.4. The standard InChI is InChI=1S/C28H21F3N2O6/c1-15-12-22(35)32(10-11-34)24-20(33-26(36)18-8-3-4-9-19(18)27(33)37)14-21(38-2)25(23(15)24)39-17-7-5-6-16(13-17)28(29,30)31/h3-9,12-14,34H,10-11H2,1-2H3. The fraction of sp³-hybridized carbons (Fsp3) is 0.179. The SMILES string of the molecule is COc1cc(N2C(=O)c3ccccc3C2=O)c2c(c(C)cc(=O)n2CCO)c1Oc1cccc(C(F)(F)F)c1. The number of benzene rings is 3. The lowest BCUT2D eigenvalue weighted by atomic mass is 10.0. The summed E-state index contributed by atoms with van der Waals surface area (Å²) in [6, 6.07) is 13.1. The van der Waals surface area contributed by atoms with Crippen molar-refractivity contribution in [1.82, 2.24) is 4.57 Å². The van der Waals surface area contributed by atoms with Gasteiger partial charge in [0.05, 0.1) is 47.0 Å². The van der Waals surface area contributed by atoms with Gasteiger partial charge in [0.15, 0.2) is 11.5 Å². The zero-order valence-electron chi connectivity index (χ0n) is 20.7. The molecule has 0 aliphatic carbocycles. The number of hydrogen-bond acceptors (Lipinski definition) is 6. The number of nitrogens with zero attached hydrogens (tertiary/aromatic N) is 2. The molecule has 11 heteroatoms. The topological polar surface area (TPSA) is 98.1 Å². The third-order valence-corrected chi connectivity index (χ3v) is 6.43. The number of methoxy groups -OCH3 is 1. The molecule has 8 nitrogen and oxygen atoms in total. The highest BCUT2D eigenvalue weighted by atomic mass is 19.4. The van der Waals surface area contributed by atoms with Gasteiger partial charge in [-0.3, -0.25) is 14.4 Å². The number of fused-ring (bicyclic) bond motifs is 2. The van der Waals surface area contributed by atoms with E-state index in [0.717, 1.165) is 17.0 Å². The van der Waals surface area contributed by atoms with E-state index in [0.29, 0.717) is 5.56 Å². The summed E-state index contributed by atoms with van der Waals surface area (Å²) >= 11 is 0. The summed E-state index contributed by atoms with van der Waals surface area (Å²) in [5.74, 6) is -1.44. The summed E-state index contributed by atoms with van der Waals surface area (Å²) in [7, 11) is 1.30. The van der Waals surface area contributed by atoms with Gasteiger partial charge >= 0.3 is 6.18 Å². The molecule has 0 spiro atoms. The first-order valence-corrected chi connectivity index (χ1v) is 11.8. The van der Waals surface area contributed by atoms with Gasteiger partial charge in [-0.15, -0.1) is 0 Å². The van der Waals surface area contributed by atoms with E-state index in [1.165, 1.54) is 48.1 Å². The Balaban J connectivity index is 1.81. The lowest BCUT2D eigenvalue weighted by molar-refractivity contribution is -0.137. The van der Waals surface area contributed by atoms with Gasteiger partial charge < -0.3 is 19.1 Å². The van der Waals surface area contributed by atoms with Gasteiger partial charge in [0.2, 0.25) is 0 Å². The van der Waals surface area contributed by atoms with E-state index in [9.17, 15) is 32.7 Å². The van der Waals surface area contributed by atoms with E-state index in [2.05, 4.69) is 0 Å². The number of aryl methyl sites for hydroxylation is 1. The molecular formula is C28H21F3N2O6. The second-order valence-corrected chi connectivity index (χ2v) is 8.81. The number of imide groups is 1. The van der Waals surface area contributed by atoms with Crippen LogP contribution in [0.15, 0.2) is 65.5 Å². The number of aliphatic hydroxyl groups excluding tert-OH is 1. The Kier molecular flexibility index (Phi) is 6.39.